The molecule has 0 aliphatic carbocycles. The number of fused-ring (bicyclic) bond motifs is 1. The first kappa shape index (κ1) is 23.1. The Morgan fingerprint density at radius 1 is 1.03 bits per heavy atom. The van der Waals surface area contributed by atoms with Crippen LogP contribution in [0.1, 0.15) is 18.4 Å². The molecular formula is C25H26N6O3S. The van der Waals surface area contributed by atoms with E-state index in [4.69, 9.17) is 4.74 Å². The Hall–Kier alpha value is -3.63. The summed E-state index contributed by atoms with van der Waals surface area (Å²) >= 11 is 0. The zero-order valence-corrected chi connectivity index (χ0v) is 20.4. The molecule has 0 N–H and O–H groups in total. The van der Waals surface area contributed by atoms with E-state index in [2.05, 4.69) is 24.8 Å². The highest BCUT2D eigenvalue weighted by atomic mass is 32.2. The first-order chi connectivity index (χ1) is 16.9. The van der Waals surface area contributed by atoms with Gasteiger partial charge in [0.05, 0.1) is 4.90 Å². The maximum absolute atomic E-state index is 14.1. The van der Waals surface area contributed by atoms with Gasteiger partial charge in [-0.2, -0.15) is 0 Å². The van der Waals surface area contributed by atoms with Gasteiger partial charge < -0.3 is 9.64 Å². The summed E-state index contributed by atoms with van der Waals surface area (Å²) in [6.07, 6.45) is 9.63. The Morgan fingerprint density at radius 3 is 2.69 bits per heavy atom. The lowest BCUT2D eigenvalue weighted by Crippen LogP contribution is -2.39. The number of likely N-dealkylation sites (tertiary alicyclic amines) is 1. The number of sulfonamides is 1. The molecule has 1 aliphatic rings. The van der Waals surface area contributed by atoms with Gasteiger partial charge in [0.15, 0.2) is 5.82 Å². The molecule has 0 bridgehead atoms. The molecule has 0 radical (unpaired) electrons. The quantitative estimate of drug-likeness (QED) is 0.403. The third-order valence-electron chi connectivity index (χ3n) is 5.97. The Labute approximate surface area is 204 Å². The lowest BCUT2D eigenvalue weighted by molar-refractivity contribution is 0.101. The van der Waals surface area contributed by atoms with Crippen LogP contribution in [0.15, 0.2) is 72.4 Å². The smallest absolute Gasteiger partial charge is 0.270 e. The third-order valence-corrected chi connectivity index (χ3v) is 7.69. The Balaban J connectivity index is 1.64. The molecule has 0 saturated carbocycles. The van der Waals surface area contributed by atoms with Gasteiger partial charge in [-0.25, -0.2) is 27.7 Å². The maximum Gasteiger partial charge on any atom is 0.270 e. The van der Waals surface area contributed by atoms with E-state index in [9.17, 15) is 8.42 Å². The predicted molar refractivity (Wildman–Crippen MR) is 133 cm³/mol. The van der Waals surface area contributed by atoms with E-state index in [-0.39, 0.29) is 22.7 Å². The van der Waals surface area contributed by atoms with E-state index in [0.717, 1.165) is 42.3 Å². The van der Waals surface area contributed by atoms with Crippen molar-refractivity contribution in [3.63, 3.8) is 0 Å². The lowest BCUT2D eigenvalue weighted by Gasteiger charge is -2.31. The van der Waals surface area contributed by atoms with E-state index >= 15 is 0 Å². The molecule has 35 heavy (non-hydrogen) atoms. The van der Waals surface area contributed by atoms with Crippen molar-refractivity contribution in [3.8, 4) is 5.88 Å². The third kappa shape index (κ3) is 4.80. The normalized spacial score (nSPS) is 16.8. The zero-order chi connectivity index (χ0) is 24.4. The van der Waals surface area contributed by atoms with Crippen LogP contribution in [0.3, 0.4) is 0 Å². The molecule has 4 aromatic rings. The second kappa shape index (κ2) is 9.55. The van der Waals surface area contributed by atoms with Crippen molar-refractivity contribution in [1.29, 1.82) is 0 Å². The highest BCUT2D eigenvalue weighted by Crippen LogP contribution is 2.38. The summed E-state index contributed by atoms with van der Waals surface area (Å²) in [5, 5.41) is 1.62. The molecule has 1 unspecified atom stereocenters. The molecule has 180 valence electrons. The molecular weight excluding hydrogens is 464 g/mol. The number of hydrogen-bond donors (Lipinski definition) is 0. The van der Waals surface area contributed by atoms with Gasteiger partial charge in [-0.15, -0.1) is 0 Å². The van der Waals surface area contributed by atoms with Gasteiger partial charge >= 0.3 is 0 Å². The minimum Gasteiger partial charge on any atom is -0.471 e. The fraction of sp³-hybridized carbons (Fsp3) is 0.280. The molecule has 1 atom stereocenters. The molecule has 9 nitrogen and oxygen atoms in total. The van der Waals surface area contributed by atoms with Crippen molar-refractivity contribution in [2.24, 2.45) is 0 Å². The number of pyridine rings is 2. The number of piperidine rings is 1. The van der Waals surface area contributed by atoms with E-state index in [1.807, 2.05) is 14.0 Å². The molecule has 10 heteroatoms. The summed E-state index contributed by atoms with van der Waals surface area (Å²) in [6, 6.07) is 10.1. The van der Waals surface area contributed by atoms with Gasteiger partial charge in [0.1, 0.15) is 18.1 Å². The second-order valence-electron chi connectivity index (χ2n) is 8.70. The van der Waals surface area contributed by atoms with E-state index in [1.54, 1.807) is 55.0 Å². The average Bonchev–Trinajstić information content (AvgIpc) is 2.86. The lowest BCUT2D eigenvalue weighted by atomic mass is 10.1. The largest absolute Gasteiger partial charge is 0.471 e. The van der Waals surface area contributed by atoms with Crippen molar-refractivity contribution in [2.45, 2.75) is 30.8 Å². The summed E-state index contributed by atoms with van der Waals surface area (Å²) in [5.74, 6) is 0.455. The van der Waals surface area contributed by atoms with E-state index in [0.29, 0.717) is 5.69 Å². The second-order valence-corrected chi connectivity index (χ2v) is 10.5. The molecule has 1 saturated heterocycles. The van der Waals surface area contributed by atoms with Crippen molar-refractivity contribution < 1.29 is 13.2 Å². The van der Waals surface area contributed by atoms with Gasteiger partial charge in [-0.3, -0.25) is 4.98 Å². The van der Waals surface area contributed by atoms with Crippen molar-refractivity contribution in [3.05, 3.63) is 73.1 Å². The summed E-state index contributed by atoms with van der Waals surface area (Å²) in [5.41, 5.74) is 1.11. The molecule has 4 heterocycles. The Kier molecular flexibility index (Phi) is 6.31. The van der Waals surface area contributed by atoms with Crippen molar-refractivity contribution in [1.82, 2.24) is 24.8 Å². The minimum absolute atomic E-state index is 0.0918. The number of likely N-dealkylation sites (N-methyl/N-ethyl adjacent to an activating group) is 1. The zero-order valence-electron chi connectivity index (χ0n) is 19.6. The molecule has 1 fully saturated rings. The van der Waals surface area contributed by atoms with Gasteiger partial charge in [-0.05, 0) is 68.6 Å². The highest BCUT2D eigenvalue weighted by molar-refractivity contribution is 7.93. The van der Waals surface area contributed by atoms with Gasteiger partial charge in [0.25, 0.3) is 10.0 Å². The number of aryl methyl sites for hydroxylation is 1. The average molecular weight is 491 g/mol. The van der Waals surface area contributed by atoms with Crippen LogP contribution in [0.2, 0.25) is 0 Å². The van der Waals surface area contributed by atoms with Crippen molar-refractivity contribution in [2.75, 3.05) is 24.4 Å². The van der Waals surface area contributed by atoms with Crippen LogP contribution in [-0.2, 0) is 10.0 Å². The van der Waals surface area contributed by atoms with Crippen LogP contribution < -0.4 is 9.04 Å². The van der Waals surface area contributed by atoms with Gasteiger partial charge in [0, 0.05) is 42.8 Å². The summed E-state index contributed by atoms with van der Waals surface area (Å²) in [7, 11) is -2.05. The molecule has 1 aliphatic heterocycles. The first-order valence-electron chi connectivity index (χ1n) is 11.4. The Morgan fingerprint density at radius 2 is 1.89 bits per heavy atom. The van der Waals surface area contributed by atoms with E-state index in [1.165, 1.54) is 16.8 Å². The van der Waals surface area contributed by atoms with Crippen LogP contribution in [-0.4, -0.2) is 59.5 Å². The fourth-order valence-electron chi connectivity index (χ4n) is 4.26. The molecule has 5 rings (SSSR count). The number of ether oxygens (including phenoxy) is 1. The number of rotatable bonds is 6. The van der Waals surface area contributed by atoms with Crippen molar-refractivity contribution >= 4 is 32.3 Å². The molecule has 0 amide bonds. The standard InChI is InChI=1S/C25H26N6O3S/c1-18-12-23(25(28-14-18)34-21-4-3-11-30(2)16-21)31(24-8-10-27-17-29-24)35(32,33)22-6-5-20-15-26-9-7-19(20)13-22/h5-10,12-15,17,21H,3-4,11,16H2,1-2H3. The molecule has 3 aromatic heterocycles. The Bertz CT molecular complexity index is 1450. The van der Waals surface area contributed by atoms with Gasteiger partial charge in [-0.1, -0.05) is 6.07 Å². The van der Waals surface area contributed by atoms with Gasteiger partial charge in [0.2, 0.25) is 5.88 Å². The predicted octanol–water partition coefficient (Wildman–Crippen LogP) is 3.73. The fourth-order valence-corrected chi connectivity index (χ4v) is 5.73. The summed E-state index contributed by atoms with van der Waals surface area (Å²) in [6.45, 7) is 3.61. The van der Waals surface area contributed by atoms with E-state index < -0.39 is 10.0 Å². The number of benzene rings is 1. The van der Waals surface area contributed by atoms with Crippen LogP contribution in [0, 0.1) is 6.92 Å². The minimum atomic E-state index is -4.10. The highest BCUT2D eigenvalue weighted by Gasteiger charge is 2.32. The maximum atomic E-state index is 14.1. The SMILES string of the molecule is Cc1cnc(OC2CCCN(C)C2)c(N(c2ccncn2)S(=O)(=O)c2ccc3cnccc3c2)c1. The first-order valence-corrected chi connectivity index (χ1v) is 12.8. The molecule has 0 spiro atoms. The summed E-state index contributed by atoms with van der Waals surface area (Å²) in [4.78, 5) is 19.2. The molecule has 1 aromatic carbocycles. The summed E-state index contributed by atoms with van der Waals surface area (Å²) < 4.78 is 35.8. The van der Waals surface area contributed by atoms with Crippen LogP contribution in [0.5, 0.6) is 5.88 Å². The van der Waals surface area contributed by atoms with Crippen LogP contribution in [0.25, 0.3) is 10.8 Å². The van der Waals surface area contributed by atoms with Crippen LogP contribution in [0.4, 0.5) is 11.5 Å². The van der Waals surface area contributed by atoms with Crippen LogP contribution >= 0.6 is 0 Å². The number of aromatic nitrogens is 4. The number of nitrogens with zero attached hydrogens (tertiary/aromatic N) is 6. The monoisotopic (exact) mass is 490 g/mol. The number of anilines is 2. The topological polar surface area (TPSA) is 101 Å². The number of hydrogen-bond acceptors (Lipinski definition) is 8.